The number of nitrogens with one attached hydrogen (secondary N) is 1. The van der Waals surface area contributed by atoms with Crippen LogP contribution in [0.1, 0.15) is 48.7 Å². The summed E-state index contributed by atoms with van der Waals surface area (Å²) in [5.41, 5.74) is 6.08. The Morgan fingerprint density at radius 2 is 2.14 bits per heavy atom. The molecule has 0 spiro atoms. The second-order valence-corrected chi connectivity index (χ2v) is 5.67. The Kier molecular flexibility index (Phi) is 3.56. The third kappa shape index (κ3) is 2.32. The molecule has 0 radical (unpaired) electrons. The van der Waals surface area contributed by atoms with Crippen LogP contribution in [-0.4, -0.2) is 27.5 Å². The fourth-order valence-electron chi connectivity index (χ4n) is 2.96. The number of carbonyl (C=O) groups is 2. The Morgan fingerprint density at radius 1 is 1.41 bits per heavy atom. The zero-order valence-corrected chi connectivity index (χ0v) is 12.4. The first-order valence-electron chi connectivity index (χ1n) is 7.42. The van der Waals surface area contributed by atoms with E-state index in [9.17, 15) is 9.59 Å². The van der Waals surface area contributed by atoms with Gasteiger partial charge in [-0.05, 0) is 25.3 Å². The molecule has 2 aromatic rings. The van der Waals surface area contributed by atoms with Crippen LogP contribution in [0.4, 0.5) is 0 Å². The Balaban J connectivity index is 1.90. The molecule has 0 bridgehead atoms. The molecule has 0 unspecified atom stereocenters. The van der Waals surface area contributed by atoms with Crippen molar-refractivity contribution in [1.29, 1.82) is 0 Å². The molecule has 0 aliphatic heterocycles. The van der Waals surface area contributed by atoms with Crippen molar-refractivity contribution >= 4 is 22.9 Å². The zero-order valence-electron chi connectivity index (χ0n) is 12.4. The molecule has 3 rings (SSSR count). The first-order valence-corrected chi connectivity index (χ1v) is 7.42. The molecule has 1 aliphatic carbocycles. The minimum atomic E-state index is -0.936. The van der Waals surface area contributed by atoms with Gasteiger partial charge in [0.1, 0.15) is 5.54 Å². The van der Waals surface area contributed by atoms with Crippen LogP contribution in [0.5, 0.6) is 0 Å². The van der Waals surface area contributed by atoms with E-state index < -0.39 is 11.4 Å². The SMILES string of the molecule is CCc1noc2ncc(C(=O)NC3(C(N)=O)CCCC3)cc12. The fraction of sp³-hybridized carbons (Fsp3) is 0.467. The van der Waals surface area contributed by atoms with Crippen LogP contribution >= 0.6 is 0 Å². The van der Waals surface area contributed by atoms with E-state index in [0.29, 0.717) is 30.5 Å². The maximum absolute atomic E-state index is 12.5. The van der Waals surface area contributed by atoms with Gasteiger partial charge in [-0.25, -0.2) is 4.98 Å². The van der Waals surface area contributed by atoms with Crippen LogP contribution in [0.3, 0.4) is 0 Å². The summed E-state index contributed by atoms with van der Waals surface area (Å²) in [6, 6.07) is 1.69. The highest BCUT2D eigenvalue weighted by atomic mass is 16.5. The van der Waals surface area contributed by atoms with E-state index in [2.05, 4.69) is 15.5 Å². The predicted molar refractivity (Wildman–Crippen MR) is 79.0 cm³/mol. The molecule has 1 fully saturated rings. The third-order valence-corrected chi connectivity index (χ3v) is 4.28. The van der Waals surface area contributed by atoms with Gasteiger partial charge in [-0.15, -0.1) is 0 Å². The summed E-state index contributed by atoms with van der Waals surface area (Å²) in [7, 11) is 0. The van der Waals surface area contributed by atoms with E-state index in [0.717, 1.165) is 23.9 Å². The monoisotopic (exact) mass is 302 g/mol. The molecule has 2 heterocycles. The second kappa shape index (κ2) is 5.40. The van der Waals surface area contributed by atoms with Crippen molar-refractivity contribution in [2.24, 2.45) is 5.73 Å². The Labute approximate surface area is 127 Å². The van der Waals surface area contributed by atoms with Crippen molar-refractivity contribution in [3.63, 3.8) is 0 Å². The number of carbonyl (C=O) groups excluding carboxylic acids is 2. The summed E-state index contributed by atoms with van der Waals surface area (Å²) in [6.45, 7) is 1.95. The topological polar surface area (TPSA) is 111 Å². The van der Waals surface area contributed by atoms with Gasteiger partial charge in [0, 0.05) is 6.20 Å². The van der Waals surface area contributed by atoms with Gasteiger partial charge >= 0.3 is 0 Å². The average Bonchev–Trinajstić information content (AvgIpc) is 3.13. The summed E-state index contributed by atoms with van der Waals surface area (Å²) in [5, 5.41) is 7.43. The van der Waals surface area contributed by atoms with E-state index in [-0.39, 0.29) is 5.91 Å². The van der Waals surface area contributed by atoms with E-state index in [1.165, 1.54) is 6.20 Å². The lowest BCUT2D eigenvalue weighted by atomic mass is 9.96. The maximum atomic E-state index is 12.5. The van der Waals surface area contributed by atoms with Gasteiger partial charge in [0.05, 0.1) is 16.6 Å². The quantitative estimate of drug-likeness (QED) is 0.884. The number of pyridine rings is 1. The van der Waals surface area contributed by atoms with Gasteiger partial charge in [-0.2, -0.15) is 0 Å². The summed E-state index contributed by atoms with van der Waals surface area (Å²) in [4.78, 5) is 28.3. The molecule has 22 heavy (non-hydrogen) atoms. The fourth-order valence-corrected chi connectivity index (χ4v) is 2.96. The van der Waals surface area contributed by atoms with Crippen molar-refractivity contribution in [3.05, 3.63) is 23.5 Å². The first kappa shape index (κ1) is 14.5. The lowest BCUT2D eigenvalue weighted by Crippen LogP contribution is -2.55. The molecule has 7 nitrogen and oxygen atoms in total. The lowest BCUT2D eigenvalue weighted by molar-refractivity contribution is -0.123. The molecule has 3 N–H and O–H groups in total. The highest BCUT2D eigenvalue weighted by molar-refractivity contribution is 6.00. The second-order valence-electron chi connectivity index (χ2n) is 5.67. The Morgan fingerprint density at radius 3 is 2.77 bits per heavy atom. The molecule has 1 aliphatic rings. The Bertz CT molecular complexity index is 731. The van der Waals surface area contributed by atoms with Gasteiger partial charge in [-0.1, -0.05) is 24.9 Å². The van der Waals surface area contributed by atoms with Gasteiger partial charge in [-0.3, -0.25) is 9.59 Å². The maximum Gasteiger partial charge on any atom is 0.257 e. The standard InChI is InChI=1S/C15H18N4O3/c1-2-11-10-7-9(8-17-13(10)22-19-11)12(20)18-15(14(16)21)5-3-4-6-15/h7-8H,2-6H2,1H3,(H2,16,21)(H,18,20). The van der Waals surface area contributed by atoms with Crippen molar-refractivity contribution in [1.82, 2.24) is 15.5 Å². The van der Waals surface area contributed by atoms with Gasteiger partial charge in [0.15, 0.2) is 0 Å². The highest BCUT2D eigenvalue weighted by Crippen LogP contribution is 2.30. The molecular weight excluding hydrogens is 284 g/mol. The van der Waals surface area contributed by atoms with Crippen molar-refractivity contribution in [2.75, 3.05) is 0 Å². The summed E-state index contributed by atoms with van der Waals surface area (Å²) < 4.78 is 5.10. The molecule has 0 saturated heterocycles. The molecule has 2 amide bonds. The number of fused-ring (bicyclic) bond motifs is 1. The zero-order chi connectivity index (χ0) is 15.7. The number of primary amides is 1. The smallest absolute Gasteiger partial charge is 0.257 e. The summed E-state index contributed by atoms with van der Waals surface area (Å²) in [6.07, 6.45) is 5.03. The number of rotatable bonds is 4. The molecule has 2 aromatic heterocycles. The number of amides is 2. The van der Waals surface area contributed by atoms with Crippen LogP contribution < -0.4 is 11.1 Å². The number of aryl methyl sites for hydroxylation is 1. The molecular formula is C15H18N4O3. The lowest BCUT2D eigenvalue weighted by Gasteiger charge is -2.26. The minimum Gasteiger partial charge on any atom is -0.368 e. The summed E-state index contributed by atoms with van der Waals surface area (Å²) >= 11 is 0. The van der Waals surface area contributed by atoms with Crippen LogP contribution in [0.2, 0.25) is 0 Å². The van der Waals surface area contributed by atoms with Gasteiger partial charge in [0.2, 0.25) is 5.91 Å². The molecule has 1 saturated carbocycles. The highest BCUT2D eigenvalue weighted by Gasteiger charge is 2.41. The first-order chi connectivity index (χ1) is 10.6. The van der Waals surface area contributed by atoms with Crippen LogP contribution in [-0.2, 0) is 11.2 Å². The van der Waals surface area contributed by atoms with E-state index in [4.69, 9.17) is 10.3 Å². The minimum absolute atomic E-state index is 0.349. The molecule has 116 valence electrons. The summed E-state index contributed by atoms with van der Waals surface area (Å²) in [5.74, 6) is -0.829. The van der Waals surface area contributed by atoms with Gasteiger partial charge in [0.25, 0.3) is 11.6 Å². The number of hydrogen-bond donors (Lipinski definition) is 2. The van der Waals surface area contributed by atoms with Crippen molar-refractivity contribution in [2.45, 2.75) is 44.6 Å². The largest absolute Gasteiger partial charge is 0.368 e. The molecule has 0 atom stereocenters. The van der Waals surface area contributed by atoms with Gasteiger partial charge < -0.3 is 15.6 Å². The number of nitrogens with two attached hydrogens (primary N) is 1. The third-order valence-electron chi connectivity index (χ3n) is 4.28. The average molecular weight is 302 g/mol. The normalized spacial score (nSPS) is 16.8. The molecule has 7 heteroatoms. The molecule has 0 aromatic carbocycles. The van der Waals surface area contributed by atoms with Crippen molar-refractivity contribution in [3.8, 4) is 0 Å². The van der Waals surface area contributed by atoms with Crippen molar-refractivity contribution < 1.29 is 14.1 Å². The predicted octanol–water partition coefficient (Wildman–Crippen LogP) is 1.31. The van der Waals surface area contributed by atoms with Crippen LogP contribution in [0, 0.1) is 0 Å². The van der Waals surface area contributed by atoms with E-state index >= 15 is 0 Å². The van der Waals surface area contributed by atoms with Crippen LogP contribution in [0.15, 0.2) is 16.8 Å². The Hall–Kier alpha value is -2.44. The van der Waals surface area contributed by atoms with E-state index in [1.807, 2.05) is 6.92 Å². The van der Waals surface area contributed by atoms with Crippen LogP contribution in [0.25, 0.3) is 11.1 Å². The van der Waals surface area contributed by atoms with E-state index in [1.54, 1.807) is 6.07 Å². The number of hydrogen-bond acceptors (Lipinski definition) is 5. The number of nitrogens with zero attached hydrogens (tertiary/aromatic N) is 2. The number of aromatic nitrogens is 2.